The number of halogens is 2. The number of rotatable bonds is 6. The van der Waals surface area contributed by atoms with E-state index in [-0.39, 0.29) is 6.10 Å². The summed E-state index contributed by atoms with van der Waals surface area (Å²) in [5.41, 5.74) is 2.16. The Labute approximate surface area is 162 Å². The van der Waals surface area contributed by atoms with Gasteiger partial charge in [-0.1, -0.05) is 49.4 Å². The lowest BCUT2D eigenvalue weighted by Gasteiger charge is -2.29. The standard InChI is InChI=1S/C21H30Cl2O2/c1-3-4-5-15-7-10-18(11-8-15)24-13-17-12-16-9-6-14(2)25-21(16)20(23)19(17)22/h12,14-15,18H,3-11,13H2,1-2H3. The van der Waals surface area contributed by atoms with Crippen LogP contribution in [0.15, 0.2) is 6.07 Å². The molecule has 4 heteroatoms. The first-order chi connectivity index (χ1) is 12.1. The van der Waals surface area contributed by atoms with Gasteiger partial charge in [0, 0.05) is 0 Å². The predicted molar refractivity (Wildman–Crippen MR) is 105 cm³/mol. The van der Waals surface area contributed by atoms with Gasteiger partial charge in [0.2, 0.25) is 0 Å². The van der Waals surface area contributed by atoms with Crippen molar-refractivity contribution >= 4 is 23.2 Å². The number of benzene rings is 1. The van der Waals surface area contributed by atoms with Crippen LogP contribution in [-0.4, -0.2) is 12.2 Å². The number of aryl methyl sites for hydroxylation is 1. The fraction of sp³-hybridized carbons (Fsp3) is 0.714. The molecule has 3 rings (SSSR count). The van der Waals surface area contributed by atoms with E-state index >= 15 is 0 Å². The van der Waals surface area contributed by atoms with E-state index in [2.05, 4.69) is 19.9 Å². The highest BCUT2D eigenvalue weighted by Gasteiger charge is 2.25. The molecule has 2 nitrogen and oxygen atoms in total. The minimum Gasteiger partial charge on any atom is -0.489 e. The van der Waals surface area contributed by atoms with E-state index < -0.39 is 0 Å². The molecule has 1 unspecified atom stereocenters. The maximum absolute atomic E-state index is 6.48. The van der Waals surface area contributed by atoms with Gasteiger partial charge < -0.3 is 9.47 Å². The maximum atomic E-state index is 6.48. The Morgan fingerprint density at radius 1 is 1.12 bits per heavy atom. The number of hydrogen-bond acceptors (Lipinski definition) is 2. The second-order valence-corrected chi connectivity index (χ2v) is 8.47. The Hall–Kier alpha value is -0.440. The first-order valence-electron chi connectivity index (χ1n) is 9.86. The van der Waals surface area contributed by atoms with Crippen LogP contribution in [-0.2, 0) is 17.8 Å². The molecular weight excluding hydrogens is 355 g/mol. The van der Waals surface area contributed by atoms with E-state index in [4.69, 9.17) is 32.7 Å². The summed E-state index contributed by atoms with van der Waals surface area (Å²) >= 11 is 12.9. The second-order valence-electron chi connectivity index (χ2n) is 7.72. The third-order valence-electron chi connectivity index (χ3n) is 5.69. The lowest BCUT2D eigenvalue weighted by atomic mass is 9.84. The molecule has 1 saturated carbocycles. The van der Waals surface area contributed by atoms with Crippen LogP contribution < -0.4 is 4.74 Å². The topological polar surface area (TPSA) is 18.5 Å². The zero-order chi connectivity index (χ0) is 17.8. The lowest BCUT2D eigenvalue weighted by Crippen LogP contribution is -2.22. The van der Waals surface area contributed by atoms with Gasteiger partial charge in [0.05, 0.1) is 23.8 Å². The highest BCUT2D eigenvalue weighted by Crippen LogP contribution is 2.42. The molecule has 0 amide bonds. The average molecular weight is 385 g/mol. The molecule has 1 heterocycles. The zero-order valence-corrected chi connectivity index (χ0v) is 17.0. The SMILES string of the molecule is CCCCC1CCC(OCc2cc3c(c(Cl)c2Cl)OC(C)CC3)CC1. The number of hydrogen-bond donors (Lipinski definition) is 0. The Morgan fingerprint density at radius 2 is 1.88 bits per heavy atom. The summed E-state index contributed by atoms with van der Waals surface area (Å²) in [6.07, 6.45) is 11.6. The number of ether oxygens (including phenoxy) is 2. The Kier molecular flexibility index (Phi) is 6.93. The Balaban J connectivity index is 1.56. The van der Waals surface area contributed by atoms with E-state index in [0.717, 1.165) is 35.6 Å². The smallest absolute Gasteiger partial charge is 0.143 e. The molecule has 140 valence electrons. The molecular formula is C21H30Cl2O2. The molecule has 2 aliphatic rings. The van der Waals surface area contributed by atoms with Crippen molar-refractivity contribution in [1.29, 1.82) is 0 Å². The molecule has 0 saturated heterocycles. The third kappa shape index (κ3) is 4.84. The van der Waals surface area contributed by atoms with Crippen LogP contribution in [0.2, 0.25) is 10.0 Å². The summed E-state index contributed by atoms with van der Waals surface area (Å²) in [5, 5.41) is 1.14. The summed E-state index contributed by atoms with van der Waals surface area (Å²) in [6.45, 7) is 4.89. The fourth-order valence-electron chi connectivity index (χ4n) is 4.05. The summed E-state index contributed by atoms with van der Waals surface area (Å²) in [4.78, 5) is 0. The van der Waals surface area contributed by atoms with Gasteiger partial charge in [-0.2, -0.15) is 0 Å². The molecule has 25 heavy (non-hydrogen) atoms. The minimum atomic E-state index is 0.200. The third-order valence-corrected chi connectivity index (χ3v) is 6.58. The molecule has 1 fully saturated rings. The van der Waals surface area contributed by atoms with Crippen molar-refractivity contribution < 1.29 is 9.47 Å². The second kappa shape index (κ2) is 8.97. The summed E-state index contributed by atoms with van der Waals surface area (Å²) in [5.74, 6) is 1.67. The average Bonchev–Trinajstić information content (AvgIpc) is 2.63. The Morgan fingerprint density at radius 3 is 2.60 bits per heavy atom. The van der Waals surface area contributed by atoms with Crippen molar-refractivity contribution in [3.63, 3.8) is 0 Å². The zero-order valence-electron chi connectivity index (χ0n) is 15.5. The first-order valence-corrected chi connectivity index (χ1v) is 10.6. The molecule has 0 N–H and O–H groups in total. The molecule has 1 aromatic carbocycles. The van der Waals surface area contributed by atoms with Crippen molar-refractivity contribution in [1.82, 2.24) is 0 Å². The van der Waals surface area contributed by atoms with Gasteiger partial charge in [-0.05, 0) is 68.6 Å². The lowest BCUT2D eigenvalue weighted by molar-refractivity contribution is 0.00616. The largest absolute Gasteiger partial charge is 0.489 e. The highest BCUT2D eigenvalue weighted by molar-refractivity contribution is 6.43. The van der Waals surface area contributed by atoms with Crippen LogP contribution in [0, 0.1) is 5.92 Å². The molecule has 0 aromatic heterocycles. The maximum Gasteiger partial charge on any atom is 0.143 e. The summed E-state index contributed by atoms with van der Waals surface area (Å²) in [7, 11) is 0. The molecule has 0 radical (unpaired) electrons. The van der Waals surface area contributed by atoms with E-state index in [1.807, 2.05) is 0 Å². The first kappa shape index (κ1) is 19.3. The number of unbranched alkanes of at least 4 members (excludes halogenated alkanes) is 1. The monoisotopic (exact) mass is 384 g/mol. The highest BCUT2D eigenvalue weighted by atomic mass is 35.5. The quantitative estimate of drug-likeness (QED) is 0.526. The van der Waals surface area contributed by atoms with Crippen molar-refractivity contribution in [2.45, 2.75) is 90.4 Å². The molecule has 0 bridgehead atoms. The van der Waals surface area contributed by atoms with Gasteiger partial charge in [-0.25, -0.2) is 0 Å². The van der Waals surface area contributed by atoms with Gasteiger partial charge >= 0.3 is 0 Å². The van der Waals surface area contributed by atoms with Crippen molar-refractivity contribution in [3.05, 3.63) is 27.2 Å². The van der Waals surface area contributed by atoms with Crippen LogP contribution in [0.5, 0.6) is 5.75 Å². The van der Waals surface area contributed by atoms with E-state index in [0.29, 0.717) is 22.8 Å². The molecule has 1 atom stereocenters. The van der Waals surface area contributed by atoms with Crippen molar-refractivity contribution in [3.8, 4) is 5.75 Å². The minimum absolute atomic E-state index is 0.200. The van der Waals surface area contributed by atoms with Gasteiger partial charge in [0.25, 0.3) is 0 Å². The normalized spacial score (nSPS) is 26.2. The number of fused-ring (bicyclic) bond motifs is 1. The van der Waals surface area contributed by atoms with Crippen LogP contribution in [0.4, 0.5) is 0 Å². The van der Waals surface area contributed by atoms with Crippen molar-refractivity contribution in [2.75, 3.05) is 0 Å². The predicted octanol–water partition coefficient (Wildman–Crippen LogP) is 6.97. The molecule has 0 spiro atoms. The molecule has 1 aliphatic heterocycles. The van der Waals surface area contributed by atoms with Gasteiger partial charge in [0.1, 0.15) is 10.8 Å². The summed E-state index contributed by atoms with van der Waals surface area (Å²) < 4.78 is 12.1. The van der Waals surface area contributed by atoms with Crippen LogP contribution >= 0.6 is 23.2 Å². The van der Waals surface area contributed by atoms with Crippen molar-refractivity contribution in [2.24, 2.45) is 5.92 Å². The van der Waals surface area contributed by atoms with Crippen LogP contribution in [0.1, 0.15) is 76.3 Å². The van der Waals surface area contributed by atoms with Crippen LogP contribution in [0.25, 0.3) is 0 Å². The van der Waals surface area contributed by atoms with Crippen LogP contribution in [0.3, 0.4) is 0 Å². The molecule has 1 aliphatic carbocycles. The Bertz CT molecular complexity index is 580. The van der Waals surface area contributed by atoms with Gasteiger partial charge in [-0.3, -0.25) is 0 Å². The van der Waals surface area contributed by atoms with E-state index in [1.165, 1.54) is 44.9 Å². The fourth-order valence-corrected chi connectivity index (χ4v) is 4.53. The molecule has 1 aromatic rings. The van der Waals surface area contributed by atoms with E-state index in [1.54, 1.807) is 0 Å². The van der Waals surface area contributed by atoms with Gasteiger partial charge in [-0.15, -0.1) is 0 Å². The summed E-state index contributed by atoms with van der Waals surface area (Å²) in [6, 6.07) is 2.13. The van der Waals surface area contributed by atoms with Gasteiger partial charge in [0.15, 0.2) is 0 Å². The van der Waals surface area contributed by atoms with E-state index in [9.17, 15) is 0 Å².